The highest BCUT2D eigenvalue weighted by molar-refractivity contribution is 9.10. The van der Waals surface area contributed by atoms with Gasteiger partial charge >= 0.3 is 0 Å². The number of halogens is 1. The van der Waals surface area contributed by atoms with E-state index < -0.39 is 15.4 Å². The maximum Gasteiger partial charge on any atom is 0.243 e. The molecule has 6 nitrogen and oxygen atoms in total. The number of amides is 1. The number of hydrogen-bond acceptors (Lipinski definition) is 4. The summed E-state index contributed by atoms with van der Waals surface area (Å²) in [4.78, 5) is 15.1. The fourth-order valence-corrected chi connectivity index (χ4v) is 5.49. The molecule has 0 unspecified atom stereocenters. The van der Waals surface area contributed by atoms with Crippen LogP contribution < -0.4 is 0 Å². The summed E-state index contributed by atoms with van der Waals surface area (Å²) in [5, 5.41) is 8.88. The Balaban J connectivity index is 1.44. The molecule has 1 heterocycles. The van der Waals surface area contributed by atoms with E-state index in [0.29, 0.717) is 18.7 Å². The van der Waals surface area contributed by atoms with Crippen LogP contribution in [0, 0.1) is 11.3 Å². The second-order valence-corrected chi connectivity index (χ2v) is 10.3. The van der Waals surface area contributed by atoms with Crippen molar-refractivity contribution < 1.29 is 13.2 Å². The molecular weight excluding hydrogens is 454 g/mol. The molecule has 0 N–H and O–H groups in total. The number of sulfonamides is 1. The molecule has 1 aliphatic heterocycles. The molecule has 0 aromatic heterocycles. The number of carbonyl (C=O) groups excluding carboxylic acids is 1. The lowest BCUT2D eigenvalue weighted by Gasteiger charge is -2.36. The highest BCUT2D eigenvalue weighted by atomic mass is 79.9. The van der Waals surface area contributed by atoms with Gasteiger partial charge in [-0.15, -0.1) is 0 Å². The summed E-state index contributed by atoms with van der Waals surface area (Å²) in [5.41, 5.74) is 0.995. The molecule has 29 heavy (non-hydrogen) atoms. The van der Waals surface area contributed by atoms with Crippen molar-refractivity contribution in [1.29, 1.82) is 5.26 Å². The van der Waals surface area contributed by atoms with Gasteiger partial charge in [-0.1, -0.05) is 28.1 Å². The SMILES string of the molecule is N#Cc1ccc(S(=O)(=O)N2CCN(C(=O)C3(c4ccc(Br)cc4)CC3)CC2)cc1. The lowest BCUT2D eigenvalue weighted by Crippen LogP contribution is -2.52. The first-order valence-corrected chi connectivity index (χ1v) is 11.7. The van der Waals surface area contributed by atoms with Crippen molar-refractivity contribution in [2.24, 2.45) is 0 Å². The maximum absolute atomic E-state index is 13.2. The number of nitriles is 1. The van der Waals surface area contributed by atoms with Gasteiger partial charge in [0, 0.05) is 30.7 Å². The molecule has 2 aromatic carbocycles. The normalized spacial score (nSPS) is 18.8. The summed E-state index contributed by atoms with van der Waals surface area (Å²) in [7, 11) is -3.63. The van der Waals surface area contributed by atoms with Crippen LogP contribution in [0.5, 0.6) is 0 Å². The molecule has 1 amide bonds. The average Bonchev–Trinajstić information content (AvgIpc) is 3.56. The Morgan fingerprint density at radius 2 is 1.55 bits per heavy atom. The van der Waals surface area contributed by atoms with Crippen LogP contribution in [0.3, 0.4) is 0 Å². The molecule has 4 rings (SSSR count). The van der Waals surface area contributed by atoms with E-state index in [0.717, 1.165) is 22.9 Å². The highest BCUT2D eigenvalue weighted by Crippen LogP contribution is 2.50. The summed E-state index contributed by atoms with van der Waals surface area (Å²) in [6.07, 6.45) is 1.66. The molecule has 1 saturated heterocycles. The second-order valence-electron chi connectivity index (χ2n) is 7.42. The summed E-state index contributed by atoms with van der Waals surface area (Å²) in [6, 6.07) is 15.8. The number of nitrogens with zero attached hydrogens (tertiary/aromatic N) is 3. The molecule has 2 fully saturated rings. The maximum atomic E-state index is 13.2. The monoisotopic (exact) mass is 473 g/mol. The molecule has 0 bridgehead atoms. The van der Waals surface area contributed by atoms with Gasteiger partial charge in [0.15, 0.2) is 0 Å². The Bertz CT molecular complexity index is 1060. The number of piperazine rings is 1. The Morgan fingerprint density at radius 3 is 2.07 bits per heavy atom. The summed E-state index contributed by atoms with van der Waals surface area (Å²) < 4.78 is 28.1. The molecule has 0 atom stereocenters. The molecule has 2 aliphatic rings. The van der Waals surface area contributed by atoms with Gasteiger partial charge in [-0.2, -0.15) is 9.57 Å². The minimum Gasteiger partial charge on any atom is -0.339 e. The van der Waals surface area contributed by atoms with Crippen LogP contribution in [0.25, 0.3) is 0 Å². The topological polar surface area (TPSA) is 81.5 Å². The smallest absolute Gasteiger partial charge is 0.243 e. The van der Waals surface area contributed by atoms with Crippen molar-refractivity contribution in [2.75, 3.05) is 26.2 Å². The lowest BCUT2D eigenvalue weighted by atomic mass is 9.94. The largest absolute Gasteiger partial charge is 0.339 e. The zero-order valence-electron chi connectivity index (χ0n) is 15.7. The molecule has 0 radical (unpaired) electrons. The predicted octanol–water partition coefficient (Wildman–Crippen LogP) is 2.89. The fourth-order valence-electron chi connectivity index (χ4n) is 3.80. The van der Waals surface area contributed by atoms with Crippen molar-refractivity contribution in [3.05, 3.63) is 64.1 Å². The Kier molecular flexibility index (Phi) is 5.23. The van der Waals surface area contributed by atoms with E-state index in [-0.39, 0.29) is 23.9 Å². The molecule has 0 spiro atoms. The van der Waals surface area contributed by atoms with Crippen LogP contribution >= 0.6 is 15.9 Å². The minimum atomic E-state index is -3.63. The van der Waals surface area contributed by atoms with Crippen LogP contribution in [0.1, 0.15) is 24.0 Å². The van der Waals surface area contributed by atoms with Gasteiger partial charge in [0.25, 0.3) is 0 Å². The van der Waals surface area contributed by atoms with Gasteiger partial charge in [-0.05, 0) is 54.8 Å². The van der Waals surface area contributed by atoms with E-state index in [1.807, 2.05) is 30.3 Å². The third kappa shape index (κ3) is 3.70. The van der Waals surface area contributed by atoms with Crippen molar-refractivity contribution in [2.45, 2.75) is 23.2 Å². The zero-order chi connectivity index (χ0) is 20.6. The van der Waals surface area contributed by atoms with E-state index in [2.05, 4.69) is 15.9 Å². The molecule has 1 aliphatic carbocycles. The van der Waals surface area contributed by atoms with E-state index >= 15 is 0 Å². The van der Waals surface area contributed by atoms with Crippen molar-refractivity contribution in [1.82, 2.24) is 9.21 Å². The first-order chi connectivity index (χ1) is 13.9. The Hall–Kier alpha value is -2.21. The first-order valence-electron chi connectivity index (χ1n) is 9.43. The number of benzene rings is 2. The van der Waals surface area contributed by atoms with Crippen LogP contribution in [-0.2, 0) is 20.2 Å². The zero-order valence-corrected chi connectivity index (χ0v) is 18.1. The van der Waals surface area contributed by atoms with E-state index in [4.69, 9.17) is 5.26 Å². The second kappa shape index (κ2) is 7.56. The third-order valence-corrected chi connectivity index (χ3v) is 8.14. The lowest BCUT2D eigenvalue weighted by molar-refractivity contribution is -0.135. The highest BCUT2D eigenvalue weighted by Gasteiger charge is 2.53. The van der Waals surface area contributed by atoms with Crippen LogP contribution in [0.15, 0.2) is 57.9 Å². The van der Waals surface area contributed by atoms with E-state index in [1.165, 1.54) is 28.6 Å². The van der Waals surface area contributed by atoms with Crippen LogP contribution in [0.2, 0.25) is 0 Å². The predicted molar refractivity (Wildman–Crippen MR) is 112 cm³/mol. The van der Waals surface area contributed by atoms with Crippen molar-refractivity contribution in [3.8, 4) is 6.07 Å². The molecular formula is C21H20BrN3O3S. The van der Waals surface area contributed by atoms with Gasteiger partial charge in [0.1, 0.15) is 0 Å². The molecule has 2 aromatic rings. The minimum absolute atomic E-state index is 0.0928. The summed E-state index contributed by atoms with van der Waals surface area (Å²) in [6.45, 7) is 1.30. The fraction of sp³-hybridized carbons (Fsp3) is 0.333. The number of hydrogen-bond donors (Lipinski definition) is 0. The third-order valence-electron chi connectivity index (χ3n) is 5.70. The van der Waals surface area contributed by atoms with Gasteiger partial charge in [-0.25, -0.2) is 8.42 Å². The van der Waals surface area contributed by atoms with Gasteiger partial charge in [-0.3, -0.25) is 4.79 Å². The first kappa shape index (κ1) is 20.1. The molecule has 150 valence electrons. The van der Waals surface area contributed by atoms with Gasteiger partial charge in [0.2, 0.25) is 15.9 Å². The number of carbonyl (C=O) groups is 1. The summed E-state index contributed by atoms with van der Waals surface area (Å²) in [5.74, 6) is 0.0928. The summed E-state index contributed by atoms with van der Waals surface area (Å²) >= 11 is 3.42. The Morgan fingerprint density at radius 1 is 0.966 bits per heavy atom. The molecule has 8 heteroatoms. The number of rotatable bonds is 4. The molecule has 1 saturated carbocycles. The average molecular weight is 474 g/mol. The van der Waals surface area contributed by atoms with E-state index in [1.54, 1.807) is 4.90 Å². The van der Waals surface area contributed by atoms with Crippen LogP contribution in [0.4, 0.5) is 0 Å². The van der Waals surface area contributed by atoms with Gasteiger partial charge < -0.3 is 4.90 Å². The van der Waals surface area contributed by atoms with Crippen molar-refractivity contribution in [3.63, 3.8) is 0 Å². The van der Waals surface area contributed by atoms with Crippen LogP contribution in [-0.4, -0.2) is 49.7 Å². The van der Waals surface area contributed by atoms with E-state index in [9.17, 15) is 13.2 Å². The van der Waals surface area contributed by atoms with Crippen molar-refractivity contribution >= 4 is 31.9 Å². The van der Waals surface area contributed by atoms with Gasteiger partial charge in [0.05, 0.1) is 21.9 Å². The standard InChI is InChI=1S/C21H20BrN3O3S/c22-18-5-3-17(4-6-18)21(9-10-21)20(26)24-11-13-25(14-12-24)29(27,28)19-7-1-16(15-23)2-8-19/h1-8H,9-14H2. The Labute approximate surface area is 178 Å². The quantitative estimate of drug-likeness (QED) is 0.683.